The van der Waals surface area contributed by atoms with Gasteiger partial charge >= 0.3 is 0 Å². The number of hydrogen-bond acceptors (Lipinski definition) is 3. The molecule has 0 atom stereocenters. The van der Waals surface area contributed by atoms with Crippen molar-refractivity contribution in [3.05, 3.63) is 29.7 Å². The molecule has 1 fully saturated rings. The highest BCUT2D eigenvalue weighted by molar-refractivity contribution is 5.40. The molecule has 3 rings (SSSR count). The molecule has 1 saturated carbocycles. The summed E-state index contributed by atoms with van der Waals surface area (Å²) in [6.45, 7) is 0.504. The molecule has 2 aromatic heterocycles. The lowest BCUT2D eigenvalue weighted by Gasteiger charge is -2.20. The van der Waals surface area contributed by atoms with E-state index in [2.05, 4.69) is 16.1 Å². The SMILES string of the molecule is NCc1ccnc2cc(CC3CCCCC3)nn12. The quantitative estimate of drug-likeness (QED) is 0.901. The Hall–Kier alpha value is -1.42. The maximum Gasteiger partial charge on any atom is 0.155 e. The average molecular weight is 244 g/mol. The van der Waals surface area contributed by atoms with Gasteiger partial charge in [0.25, 0.3) is 0 Å². The number of fused-ring (bicyclic) bond motifs is 1. The molecule has 0 aromatic carbocycles. The lowest BCUT2D eigenvalue weighted by atomic mass is 9.86. The summed E-state index contributed by atoms with van der Waals surface area (Å²) in [5.41, 5.74) is 8.83. The van der Waals surface area contributed by atoms with E-state index >= 15 is 0 Å². The molecule has 96 valence electrons. The summed E-state index contributed by atoms with van der Waals surface area (Å²) in [5.74, 6) is 0.810. The fourth-order valence-electron chi connectivity index (χ4n) is 2.93. The van der Waals surface area contributed by atoms with Crippen molar-refractivity contribution in [2.24, 2.45) is 11.7 Å². The molecule has 0 spiro atoms. The van der Waals surface area contributed by atoms with Crippen LogP contribution in [-0.4, -0.2) is 14.6 Å². The third-order valence-corrected chi connectivity index (χ3v) is 3.92. The van der Waals surface area contributed by atoms with Crippen molar-refractivity contribution in [1.82, 2.24) is 14.6 Å². The molecule has 1 aliphatic rings. The molecule has 1 aliphatic carbocycles. The Bertz CT molecular complexity index is 526. The first-order valence-electron chi connectivity index (χ1n) is 6.89. The van der Waals surface area contributed by atoms with Crippen LogP contribution in [0.3, 0.4) is 0 Å². The third kappa shape index (κ3) is 2.25. The number of nitrogens with zero attached hydrogens (tertiary/aromatic N) is 3. The van der Waals surface area contributed by atoms with Gasteiger partial charge in [-0.15, -0.1) is 0 Å². The first-order chi connectivity index (χ1) is 8.86. The van der Waals surface area contributed by atoms with Gasteiger partial charge in [-0.1, -0.05) is 32.1 Å². The second kappa shape index (κ2) is 5.06. The second-order valence-corrected chi connectivity index (χ2v) is 5.25. The lowest BCUT2D eigenvalue weighted by molar-refractivity contribution is 0.354. The molecule has 0 unspecified atom stereocenters. The Morgan fingerprint density at radius 1 is 1.28 bits per heavy atom. The van der Waals surface area contributed by atoms with Crippen molar-refractivity contribution in [1.29, 1.82) is 0 Å². The van der Waals surface area contributed by atoms with Gasteiger partial charge in [0, 0.05) is 18.8 Å². The van der Waals surface area contributed by atoms with Crippen LogP contribution in [0.15, 0.2) is 18.3 Å². The van der Waals surface area contributed by atoms with Gasteiger partial charge in [-0.2, -0.15) is 5.10 Å². The van der Waals surface area contributed by atoms with Crippen LogP contribution < -0.4 is 5.73 Å². The molecule has 0 aliphatic heterocycles. The molecular weight excluding hydrogens is 224 g/mol. The first-order valence-corrected chi connectivity index (χ1v) is 6.89. The van der Waals surface area contributed by atoms with Crippen LogP contribution in [0.1, 0.15) is 43.5 Å². The Labute approximate surface area is 107 Å². The first kappa shape index (κ1) is 11.7. The van der Waals surface area contributed by atoms with Crippen LogP contribution in [-0.2, 0) is 13.0 Å². The van der Waals surface area contributed by atoms with E-state index in [1.165, 1.54) is 32.1 Å². The molecule has 2 heterocycles. The van der Waals surface area contributed by atoms with E-state index < -0.39 is 0 Å². The highest BCUT2D eigenvalue weighted by Gasteiger charge is 2.16. The van der Waals surface area contributed by atoms with Crippen LogP contribution in [0.2, 0.25) is 0 Å². The van der Waals surface area contributed by atoms with Gasteiger partial charge in [0.1, 0.15) is 0 Å². The van der Waals surface area contributed by atoms with E-state index in [4.69, 9.17) is 5.73 Å². The Morgan fingerprint density at radius 2 is 2.11 bits per heavy atom. The van der Waals surface area contributed by atoms with Crippen molar-refractivity contribution < 1.29 is 0 Å². The van der Waals surface area contributed by atoms with Gasteiger partial charge < -0.3 is 5.73 Å². The molecule has 18 heavy (non-hydrogen) atoms. The van der Waals surface area contributed by atoms with Gasteiger partial charge in [0.15, 0.2) is 5.65 Å². The highest BCUT2D eigenvalue weighted by Crippen LogP contribution is 2.26. The van der Waals surface area contributed by atoms with Crippen molar-refractivity contribution in [3.63, 3.8) is 0 Å². The minimum Gasteiger partial charge on any atom is -0.325 e. The summed E-state index contributed by atoms with van der Waals surface area (Å²) >= 11 is 0. The number of rotatable bonds is 3. The average Bonchev–Trinajstić information content (AvgIpc) is 2.82. The number of hydrogen-bond donors (Lipinski definition) is 1. The van der Waals surface area contributed by atoms with Crippen molar-refractivity contribution in [2.45, 2.75) is 45.1 Å². The maximum absolute atomic E-state index is 5.72. The van der Waals surface area contributed by atoms with Gasteiger partial charge in [-0.3, -0.25) is 0 Å². The standard InChI is InChI=1S/C14H20N4/c15-10-13-6-7-16-14-9-12(17-18(13)14)8-11-4-2-1-3-5-11/h6-7,9,11H,1-5,8,10,15H2. The van der Waals surface area contributed by atoms with Crippen LogP contribution >= 0.6 is 0 Å². The molecule has 0 amide bonds. The molecule has 2 aromatic rings. The van der Waals surface area contributed by atoms with Crippen molar-refractivity contribution in [2.75, 3.05) is 0 Å². The Kier molecular flexibility index (Phi) is 3.28. The molecule has 0 radical (unpaired) electrons. The number of nitrogens with two attached hydrogens (primary N) is 1. The Morgan fingerprint density at radius 3 is 2.89 bits per heavy atom. The van der Waals surface area contributed by atoms with Crippen LogP contribution in [0, 0.1) is 5.92 Å². The summed E-state index contributed by atoms with van der Waals surface area (Å²) < 4.78 is 1.89. The fraction of sp³-hybridized carbons (Fsp3) is 0.571. The highest BCUT2D eigenvalue weighted by atomic mass is 15.3. The summed E-state index contributed by atoms with van der Waals surface area (Å²) in [6, 6.07) is 4.04. The van der Waals surface area contributed by atoms with E-state index in [1.54, 1.807) is 0 Å². The second-order valence-electron chi connectivity index (χ2n) is 5.25. The van der Waals surface area contributed by atoms with Crippen LogP contribution in [0.25, 0.3) is 5.65 Å². The van der Waals surface area contributed by atoms with Crippen LogP contribution in [0.5, 0.6) is 0 Å². The van der Waals surface area contributed by atoms with E-state index in [-0.39, 0.29) is 0 Å². The largest absolute Gasteiger partial charge is 0.325 e. The van der Waals surface area contributed by atoms with Gasteiger partial charge in [-0.05, 0) is 18.4 Å². The predicted molar refractivity (Wildman–Crippen MR) is 71.2 cm³/mol. The molecule has 2 N–H and O–H groups in total. The van der Waals surface area contributed by atoms with E-state index in [1.807, 2.05) is 16.8 Å². The van der Waals surface area contributed by atoms with Crippen molar-refractivity contribution >= 4 is 5.65 Å². The zero-order chi connectivity index (χ0) is 12.4. The monoisotopic (exact) mass is 244 g/mol. The third-order valence-electron chi connectivity index (χ3n) is 3.92. The van der Waals surface area contributed by atoms with E-state index in [9.17, 15) is 0 Å². The lowest BCUT2D eigenvalue weighted by Crippen LogP contribution is -2.10. The van der Waals surface area contributed by atoms with Crippen molar-refractivity contribution in [3.8, 4) is 0 Å². The summed E-state index contributed by atoms with van der Waals surface area (Å²) in [7, 11) is 0. The molecule has 0 saturated heterocycles. The summed E-state index contributed by atoms with van der Waals surface area (Å²) in [4.78, 5) is 4.35. The van der Waals surface area contributed by atoms with Gasteiger partial charge in [0.2, 0.25) is 0 Å². The molecule has 4 nitrogen and oxygen atoms in total. The predicted octanol–water partition coefficient (Wildman–Crippen LogP) is 2.31. The fourth-order valence-corrected chi connectivity index (χ4v) is 2.93. The molecular formula is C14H20N4. The number of aromatic nitrogens is 3. The van der Waals surface area contributed by atoms with E-state index in [0.29, 0.717) is 6.54 Å². The zero-order valence-electron chi connectivity index (χ0n) is 10.7. The Balaban J connectivity index is 1.84. The minimum absolute atomic E-state index is 0.504. The van der Waals surface area contributed by atoms with E-state index in [0.717, 1.165) is 29.4 Å². The minimum atomic E-state index is 0.504. The zero-order valence-corrected chi connectivity index (χ0v) is 10.7. The summed E-state index contributed by atoms with van der Waals surface area (Å²) in [6.07, 6.45) is 9.77. The maximum atomic E-state index is 5.72. The molecule has 0 bridgehead atoms. The molecule has 4 heteroatoms. The topological polar surface area (TPSA) is 56.2 Å². The van der Waals surface area contributed by atoms with Crippen LogP contribution in [0.4, 0.5) is 0 Å². The summed E-state index contributed by atoms with van der Waals surface area (Å²) in [5, 5.41) is 4.65. The smallest absolute Gasteiger partial charge is 0.155 e. The van der Waals surface area contributed by atoms with Gasteiger partial charge in [0.05, 0.1) is 11.4 Å². The van der Waals surface area contributed by atoms with Gasteiger partial charge in [-0.25, -0.2) is 9.50 Å². The normalized spacial score (nSPS) is 17.4.